The molecule has 0 aromatic heterocycles. The highest BCUT2D eigenvalue weighted by atomic mass is 35.5. The fourth-order valence-corrected chi connectivity index (χ4v) is 5.00. The van der Waals surface area contributed by atoms with Crippen LogP contribution in [-0.2, 0) is 9.59 Å². The predicted octanol–water partition coefficient (Wildman–Crippen LogP) is 3.18. The lowest BCUT2D eigenvalue weighted by atomic mass is 9.90. The minimum atomic E-state index is -0.442. The fraction of sp³-hybridized carbons (Fsp3) is 0.333. The summed E-state index contributed by atoms with van der Waals surface area (Å²) in [6.45, 7) is 3.62. The molecule has 3 aliphatic rings. The van der Waals surface area contributed by atoms with Crippen LogP contribution in [0.5, 0.6) is 0 Å². The van der Waals surface area contributed by atoms with Gasteiger partial charge in [0.25, 0.3) is 5.91 Å². The number of rotatable bonds is 2. The lowest BCUT2D eigenvalue weighted by Crippen LogP contribution is -2.44. The van der Waals surface area contributed by atoms with Crippen molar-refractivity contribution in [1.82, 2.24) is 10.0 Å². The van der Waals surface area contributed by atoms with Crippen molar-refractivity contribution in [2.45, 2.75) is 25.4 Å². The van der Waals surface area contributed by atoms with Crippen LogP contribution in [0.25, 0.3) is 0 Å². The lowest BCUT2D eigenvalue weighted by molar-refractivity contribution is -0.126. The van der Waals surface area contributed by atoms with Gasteiger partial charge in [-0.1, -0.05) is 47.5 Å². The molecule has 5 nitrogen and oxygen atoms in total. The summed E-state index contributed by atoms with van der Waals surface area (Å²) in [6, 6.07) is 14.6. The first-order valence-electron chi connectivity index (χ1n) is 9.30. The van der Waals surface area contributed by atoms with Gasteiger partial charge in [0, 0.05) is 18.1 Å². The van der Waals surface area contributed by atoms with E-state index in [1.54, 1.807) is 0 Å². The third kappa shape index (κ3) is 2.39. The van der Waals surface area contributed by atoms with E-state index in [0.717, 1.165) is 30.6 Å². The van der Waals surface area contributed by atoms with E-state index in [0.29, 0.717) is 10.7 Å². The van der Waals surface area contributed by atoms with E-state index < -0.39 is 12.0 Å². The second-order valence-corrected chi connectivity index (χ2v) is 7.87. The van der Waals surface area contributed by atoms with Crippen LogP contribution in [-0.4, -0.2) is 41.0 Å². The van der Waals surface area contributed by atoms with Crippen LogP contribution >= 0.6 is 11.6 Å². The van der Waals surface area contributed by atoms with Crippen LogP contribution in [0.1, 0.15) is 23.6 Å². The van der Waals surface area contributed by atoms with Crippen LogP contribution in [0.2, 0.25) is 5.02 Å². The molecule has 0 bridgehead atoms. The Labute approximate surface area is 163 Å². The van der Waals surface area contributed by atoms with Gasteiger partial charge >= 0.3 is 0 Å². The smallest absolute Gasteiger partial charge is 0.253 e. The van der Waals surface area contributed by atoms with Crippen molar-refractivity contribution in [3.05, 3.63) is 64.7 Å². The van der Waals surface area contributed by atoms with Crippen molar-refractivity contribution < 1.29 is 9.59 Å². The third-order valence-corrected chi connectivity index (χ3v) is 6.27. The number of hydrogen-bond acceptors (Lipinski definition) is 4. The Morgan fingerprint density at radius 1 is 0.889 bits per heavy atom. The number of imide groups is 1. The van der Waals surface area contributed by atoms with Gasteiger partial charge in [-0.05, 0) is 37.1 Å². The molecule has 0 aliphatic carbocycles. The summed E-state index contributed by atoms with van der Waals surface area (Å²) in [5, 5.41) is 4.91. The van der Waals surface area contributed by atoms with Gasteiger partial charge in [0.2, 0.25) is 5.91 Å². The highest BCUT2D eigenvalue weighted by Gasteiger charge is 2.63. The summed E-state index contributed by atoms with van der Waals surface area (Å²) < 4.78 is 0. The average Bonchev–Trinajstić information content (AvgIpc) is 3.30. The molecule has 2 amide bonds. The van der Waals surface area contributed by atoms with Gasteiger partial charge in [-0.2, -0.15) is 0 Å². The van der Waals surface area contributed by atoms with Gasteiger partial charge in [-0.3, -0.25) is 9.59 Å². The molecular weight excluding hydrogens is 362 g/mol. The number of amides is 2. The Hall–Kier alpha value is -2.21. The molecule has 2 aromatic carbocycles. The fourth-order valence-electron chi connectivity index (χ4n) is 4.75. The van der Waals surface area contributed by atoms with Crippen LogP contribution in [0.15, 0.2) is 48.5 Å². The van der Waals surface area contributed by atoms with E-state index in [1.807, 2.05) is 55.5 Å². The summed E-state index contributed by atoms with van der Waals surface area (Å²) in [4.78, 5) is 28.1. The van der Waals surface area contributed by atoms with Crippen molar-refractivity contribution in [1.29, 1.82) is 0 Å². The highest BCUT2D eigenvalue weighted by Crippen LogP contribution is 2.50. The first kappa shape index (κ1) is 16.9. The largest absolute Gasteiger partial charge is 0.274 e. The zero-order valence-electron chi connectivity index (χ0n) is 15.0. The van der Waals surface area contributed by atoms with Crippen LogP contribution in [0, 0.1) is 12.8 Å². The summed E-state index contributed by atoms with van der Waals surface area (Å²) in [5.41, 5.74) is 2.66. The molecule has 3 heterocycles. The number of carbonyl (C=O) groups is 2. The number of halogens is 1. The number of carbonyl (C=O) groups excluding carboxylic acids is 2. The molecule has 0 N–H and O–H groups in total. The summed E-state index contributed by atoms with van der Waals surface area (Å²) in [5.74, 6) is -0.692. The minimum Gasteiger partial charge on any atom is -0.274 e. The van der Waals surface area contributed by atoms with Gasteiger partial charge in [0.05, 0.1) is 17.6 Å². The van der Waals surface area contributed by atoms with Crippen molar-refractivity contribution in [2.24, 2.45) is 5.92 Å². The molecule has 2 aromatic rings. The molecule has 3 atom stereocenters. The first-order chi connectivity index (χ1) is 13.1. The topological polar surface area (TPSA) is 43.9 Å². The minimum absolute atomic E-state index is 0.129. The quantitative estimate of drug-likeness (QED) is 0.749. The van der Waals surface area contributed by atoms with E-state index in [9.17, 15) is 9.59 Å². The SMILES string of the molecule is Cc1ccc(N2C(=O)[C@@H]3[C@@H](C2=O)N2CCCN2[C@H]3c2ccccc2Cl)cc1. The van der Waals surface area contributed by atoms with E-state index in [-0.39, 0.29) is 17.9 Å². The van der Waals surface area contributed by atoms with Crippen molar-refractivity contribution >= 4 is 29.1 Å². The Morgan fingerprint density at radius 2 is 1.56 bits per heavy atom. The number of fused-ring (bicyclic) bond motifs is 3. The number of benzene rings is 2. The Balaban J connectivity index is 1.60. The molecule has 3 fully saturated rings. The Bertz CT molecular complexity index is 929. The van der Waals surface area contributed by atoms with Crippen LogP contribution in [0.4, 0.5) is 5.69 Å². The number of hydrogen-bond donors (Lipinski definition) is 0. The number of anilines is 1. The molecule has 138 valence electrons. The molecular formula is C21H20ClN3O2. The molecule has 0 radical (unpaired) electrons. The summed E-state index contributed by atoms with van der Waals surface area (Å²) in [7, 11) is 0. The van der Waals surface area contributed by atoms with Gasteiger partial charge in [0.1, 0.15) is 6.04 Å². The predicted molar refractivity (Wildman–Crippen MR) is 103 cm³/mol. The molecule has 6 heteroatoms. The molecule has 3 saturated heterocycles. The average molecular weight is 382 g/mol. The number of hydrazine groups is 1. The van der Waals surface area contributed by atoms with Gasteiger partial charge in [-0.25, -0.2) is 14.9 Å². The maximum atomic E-state index is 13.4. The van der Waals surface area contributed by atoms with Crippen molar-refractivity contribution in [2.75, 3.05) is 18.0 Å². The molecule has 27 heavy (non-hydrogen) atoms. The van der Waals surface area contributed by atoms with Gasteiger partial charge < -0.3 is 0 Å². The van der Waals surface area contributed by atoms with E-state index in [1.165, 1.54) is 4.90 Å². The summed E-state index contributed by atoms with van der Waals surface area (Å²) >= 11 is 6.48. The first-order valence-corrected chi connectivity index (χ1v) is 9.68. The second kappa shape index (κ2) is 6.16. The molecule has 0 spiro atoms. The van der Waals surface area contributed by atoms with E-state index >= 15 is 0 Å². The van der Waals surface area contributed by atoms with Crippen molar-refractivity contribution in [3.63, 3.8) is 0 Å². The van der Waals surface area contributed by atoms with Gasteiger partial charge in [0.15, 0.2) is 0 Å². The third-order valence-electron chi connectivity index (χ3n) is 5.92. The maximum Gasteiger partial charge on any atom is 0.253 e. The standard InChI is InChI=1S/C21H20ClN3O2/c1-13-7-9-14(10-8-13)25-20(26)17-18(15-5-2-3-6-16(15)22)23-11-4-12-24(23)19(17)21(25)27/h2-3,5-10,17-19H,4,11-12H2,1H3/t17-,18-,19-/m0/s1. The van der Waals surface area contributed by atoms with Crippen molar-refractivity contribution in [3.8, 4) is 0 Å². The second-order valence-electron chi connectivity index (χ2n) is 7.46. The highest BCUT2D eigenvalue weighted by molar-refractivity contribution is 6.31. The Kier molecular flexibility index (Phi) is 3.86. The van der Waals surface area contributed by atoms with Crippen LogP contribution < -0.4 is 4.90 Å². The zero-order chi connectivity index (χ0) is 18.7. The van der Waals surface area contributed by atoms with E-state index in [2.05, 4.69) is 10.0 Å². The van der Waals surface area contributed by atoms with E-state index in [4.69, 9.17) is 11.6 Å². The monoisotopic (exact) mass is 381 g/mol. The van der Waals surface area contributed by atoms with Gasteiger partial charge in [-0.15, -0.1) is 0 Å². The summed E-state index contributed by atoms with van der Waals surface area (Å²) in [6.07, 6.45) is 0.982. The molecule has 0 unspecified atom stereocenters. The Morgan fingerprint density at radius 3 is 2.26 bits per heavy atom. The maximum absolute atomic E-state index is 13.4. The zero-order valence-corrected chi connectivity index (χ0v) is 15.8. The normalized spacial score (nSPS) is 28.1. The molecule has 3 aliphatic heterocycles. The van der Waals surface area contributed by atoms with Crippen LogP contribution in [0.3, 0.4) is 0 Å². The molecule has 5 rings (SSSR count). The molecule has 0 saturated carbocycles. The number of nitrogens with zero attached hydrogens (tertiary/aromatic N) is 3. The lowest BCUT2D eigenvalue weighted by Gasteiger charge is -2.30. The number of aryl methyl sites for hydroxylation is 1.